The van der Waals surface area contributed by atoms with Crippen molar-refractivity contribution in [3.8, 4) is 0 Å². The SMILES string of the molecule is CCNc1c(Br)cc(C(C)=O)cc1CNC1CCCCC1. The molecule has 1 aromatic rings. The Bertz CT molecular complexity index is 496. The standard InChI is InChI=1S/C17H25BrN2O/c1-3-19-17-14(9-13(12(2)21)10-16(17)18)11-20-15-7-5-4-6-8-15/h9-10,15,19-20H,3-8,11H2,1-2H3. The van der Waals surface area contributed by atoms with Gasteiger partial charge in [-0.3, -0.25) is 4.79 Å². The van der Waals surface area contributed by atoms with Gasteiger partial charge in [0.2, 0.25) is 0 Å². The molecular formula is C17H25BrN2O. The summed E-state index contributed by atoms with van der Waals surface area (Å²) in [6.07, 6.45) is 6.56. The molecule has 0 bridgehead atoms. The number of rotatable bonds is 6. The number of carbonyl (C=O) groups is 1. The quantitative estimate of drug-likeness (QED) is 0.740. The predicted octanol–water partition coefficient (Wildman–Crippen LogP) is 4.51. The lowest BCUT2D eigenvalue weighted by atomic mass is 9.95. The van der Waals surface area contributed by atoms with Crippen LogP contribution < -0.4 is 10.6 Å². The average molecular weight is 353 g/mol. The minimum atomic E-state index is 0.109. The normalized spacial score (nSPS) is 16.0. The van der Waals surface area contributed by atoms with Gasteiger partial charge in [0, 0.05) is 29.2 Å². The largest absolute Gasteiger partial charge is 0.384 e. The van der Waals surface area contributed by atoms with Gasteiger partial charge in [-0.15, -0.1) is 0 Å². The Kier molecular flexibility index (Phi) is 6.24. The van der Waals surface area contributed by atoms with E-state index in [2.05, 4.69) is 33.5 Å². The van der Waals surface area contributed by atoms with Crippen molar-refractivity contribution in [3.63, 3.8) is 0 Å². The highest BCUT2D eigenvalue weighted by molar-refractivity contribution is 9.10. The first-order chi connectivity index (χ1) is 10.1. The van der Waals surface area contributed by atoms with Crippen molar-refractivity contribution >= 4 is 27.4 Å². The van der Waals surface area contributed by atoms with Crippen molar-refractivity contribution in [1.82, 2.24) is 5.32 Å². The smallest absolute Gasteiger partial charge is 0.159 e. The van der Waals surface area contributed by atoms with Crippen molar-refractivity contribution in [2.75, 3.05) is 11.9 Å². The Balaban J connectivity index is 2.15. The van der Waals surface area contributed by atoms with E-state index >= 15 is 0 Å². The van der Waals surface area contributed by atoms with Gasteiger partial charge in [0.15, 0.2) is 5.78 Å². The predicted molar refractivity (Wildman–Crippen MR) is 92.0 cm³/mol. The average Bonchev–Trinajstić information content (AvgIpc) is 2.48. The van der Waals surface area contributed by atoms with Crippen molar-refractivity contribution in [3.05, 3.63) is 27.7 Å². The third-order valence-electron chi connectivity index (χ3n) is 4.12. The number of halogens is 1. The molecule has 116 valence electrons. The molecule has 1 aromatic carbocycles. The molecule has 2 N–H and O–H groups in total. The van der Waals surface area contributed by atoms with Crippen LogP contribution in [0.1, 0.15) is 61.9 Å². The van der Waals surface area contributed by atoms with Crippen molar-refractivity contribution < 1.29 is 4.79 Å². The van der Waals surface area contributed by atoms with Gasteiger partial charge in [-0.1, -0.05) is 19.3 Å². The van der Waals surface area contributed by atoms with Gasteiger partial charge in [-0.05, 0) is 60.3 Å². The molecule has 0 atom stereocenters. The van der Waals surface area contributed by atoms with E-state index < -0.39 is 0 Å². The summed E-state index contributed by atoms with van der Waals surface area (Å²) in [5.41, 5.74) is 3.04. The number of benzene rings is 1. The van der Waals surface area contributed by atoms with Crippen molar-refractivity contribution in [1.29, 1.82) is 0 Å². The second-order valence-corrected chi connectivity index (χ2v) is 6.65. The summed E-state index contributed by atoms with van der Waals surface area (Å²) in [4.78, 5) is 11.7. The second-order valence-electron chi connectivity index (χ2n) is 5.79. The van der Waals surface area contributed by atoms with Crippen molar-refractivity contribution in [2.24, 2.45) is 0 Å². The molecular weight excluding hydrogens is 328 g/mol. The highest BCUT2D eigenvalue weighted by atomic mass is 79.9. The van der Waals surface area contributed by atoms with E-state index in [-0.39, 0.29) is 5.78 Å². The zero-order chi connectivity index (χ0) is 15.2. The maximum absolute atomic E-state index is 11.7. The van der Waals surface area contributed by atoms with E-state index in [4.69, 9.17) is 0 Å². The highest BCUT2D eigenvalue weighted by Gasteiger charge is 2.15. The number of ketones is 1. The van der Waals surface area contributed by atoms with Gasteiger partial charge < -0.3 is 10.6 Å². The van der Waals surface area contributed by atoms with Gasteiger partial charge in [-0.2, -0.15) is 0 Å². The summed E-state index contributed by atoms with van der Waals surface area (Å²) < 4.78 is 0.970. The van der Waals surface area contributed by atoms with Gasteiger partial charge in [0.05, 0.1) is 5.69 Å². The summed E-state index contributed by atoms with van der Waals surface area (Å²) in [7, 11) is 0. The Labute approximate surface area is 136 Å². The first-order valence-electron chi connectivity index (χ1n) is 7.92. The van der Waals surface area contributed by atoms with Crippen LogP contribution in [-0.2, 0) is 6.54 Å². The number of carbonyl (C=O) groups excluding carboxylic acids is 1. The molecule has 4 heteroatoms. The minimum Gasteiger partial charge on any atom is -0.384 e. The lowest BCUT2D eigenvalue weighted by Crippen LogP contribution is -2.30. The third kappa shape index (κ3) is 4.55. The third-order valence-corrected chi connectivity index (χ3v) is 4.74. The molecule has 1 aliphatic rings. The molecule has 21 heavy (non-hydrogen) atoms. The number of hydrogen-bond donors (Lipinski definition) is 2. The van der Waals surface area contributed by atoms with Crippen molar-refractivity contribution in [2.45, 2.75) is 58.5 Å². The van der Waals surface area contributed by atoms with Gasteiger partial charge >= 0.3 is 0 Å². The van der Waals surface area contributed by atoms with E-state index in [0.717, 1.165) is 28.8 Å². The number of anilines is 1. The second kappa shape index (κ2) is 7.95. The van der Waals surface area contributed by atoms with E-state index in [1.807, 2.05) is 12.1 Å². The van der Waals surface area contributed by atoms with Crippen LogP contribution in [0.4, 0.5) is 5.69 Å². The summed E-state index contributed by atoms with van der Waals surface area (Å²) >= 11 is 3.59. The summed E-state index contributed by atoms with van der Waals surface area (Å²) in [5, 5.41) is 7.06. The molecule has 0 aliphatic heterocycles. The van der Waals surface area contributed by atoms with Gasteiger partial charge in [-0.25, -0.2) is 0 Å². The molecule has 0 saturated heterocycles. The van der Waals surface area contributed by atoms with Crippen LogP contribution in [-0.4, -0.2) is 18.4 Å². The summed E-state index contributed by atoms with van der Waals surface area (Å²) in [6.45, 7) is 5.39. The van der Waals surface area contributed by atoms with Crippen LogP contribution in [0, 0.1) is 0 Å². The van der Waals surface area contributed by atoms with Crippen LogP contribution in [0.3, 0.4) is 0 Å². The summed E-state index contributed by atoms with van der Waals surface area (Å²) in [6, 6.07) is 4.54. The van der Waals surface area contributed by atoms with Crippen LogP contribution in [0.15, 0.2) is 16.6 Å². The molecule has 0 heterocycles. The fraction of sp³-hybridized carbons (Fsp3) is 0.588. The van der Waals surface area contributed by atoms with E-state index in [0.29, 0.717) is 6.04 Å². The first-order valence-corrected chi connectivity index (χ1v) is 8.71. The molecule has 1 saturated carbocycles. The molecule has 0 unspecified atom stereocenters. The van der Waals surface area contributed by atoms with Crippen LogP contribution in [0.5, 0.6) is 0 Å². The summed E-state index contributed by atoms with van der Waals surface area (Å²) in [5.74, 6) is 0.109. The van der Waals surface area contributed by atoms with Gasteiger partial charge in [0.25, 0.3) is 0 Å². The topological polar surface area (TPSA) is 41.1 Å². The zero-order valence-corrected chi connectivity index (χ0v) is 14.6. The lowest BCUT2D eigenvalue weighted by molar-refractivity contribution is 0.101. The Morgan fingerprint density at radius 2 is 2.00 bits per heavy atom. The molecule has 0 radical (unpaired) electrons. The van der Waals surface area contributed by atoms with E-state index in [9.17, 15) is 4.79 Å². The molecule has 2 rings (SSSR count). The maximum Gasteiger partial charge on any atom is 0.159 e. The number of hydrogen-bond acceptors (Lipinski definition) is 3. The fourth-order valence-electron chi connectivity index (χ4n) is 2.94. The number of Topliss-reactive ketones (excluding diaryl/α,β-unsaturated/α-hetero) is 1. The molecule has 3 nitrogen and oxygen atoms in total. The Hall–Kier alpha value is -0.870. The minimum absolute atomic E-state index is 0.109. The Morgan fingerprint density at radius 3 is 2.62 bits per heavy atom. The number of nitrogens with one attached hydrogen (secondary N) is 2. The molecule has 0 aromatic heterocycles. The Morgan fingerprint density at radius 1 is 1.29 bits per heavy atom. The van der Waals surface area contributed by atoms with Gasteiger partial charge in [0.1, 0.15) is 0 Å². The molecule has 1 fully saturated rings. The monoisotopic (exact) mass is 352 g/mol. The highest BCUT2D eigenvalue weighted by Crippen LogP contribution is 2.29. The molecule has 0 spiro atoms. The zero-order valence-electron chi connectivity index (χ0n) is 13.0. The van der Waals surface area contributed by atoms with Crippen LogP contribution in [0.2, 0.25) is 0 Å². The molecule has 0 amide bonds. The van der Waals surface area contributed by atoms with E-state index in [1.54, 1.807) is 6.92 Å². The van der Waals surface area contributed by atoms with Crippen LogP contribution in [0.25, 0.3) is 0 Å². The fourth-order valence-corrected chi connectivity index (χ4v) is 3.58. The van der Waals surface area contributed by atoms with E-state index in [1.165, 1.54) is 37.7 Å². The molecule has 1 aliphatic carbocycles. The maximum atomic E-state index is 11.7. The first kappa shape index (κ1) is 16.5. The lowest BCUT2D eigenvalue weighted by Gasteiger charge is -2.24. The van der Waals surface area contributed by atoms with Crippen LogP contribution >= 0.6 is 15.9 Å².